The first kappa shape index (κ1) is 23.3. The molecule has 0 saturated carbocycles. The summed E-state index contributed by atoms with van der Waals surface area (Å²) >= 11 is 0. The van der Waals surface area contributed by atoms with Gasteiger partial charge in [-0.2, -0.15) is 13.2 Å². The summed E-state index contributed by atoms with van der Waals surface area (Å²) in [5.74, 6) is 1.08. The van der Waals surface area contributed by atoms with E-state index in [1.54, 1.807) is 55.8 Å². The lowest BCUT2D eigenvalue weighted by Crippen LogP contribution is -2.34. The van der Waals surface area contributed by atoms with Crippen molar-refractivity contribution in [2.24, 2.45) is 0 Å². The largest absolute Gasteiger partial charge is 0.497 e. The van der Waals surface area contributed by atoms with Crippen LogP contribution in [0, 0.1) is 0 Å². The summed E-state index contributed by atoms with van der Waals surface area (Å²) < 4.78 is 50.5. The highest BCUT2D eigenvalue weighted by Crippen LogP contribution is 2.29. The molecule has 1 heterocycles. The first-order valence-corrected chi connectivity index (χ1v) is 9.90. The van der Waals surface area contributed by atoms with Crippen LogP contribution in [-0.4, -0.2) is 47.7 Å². The van der Waals surface area contributed by atoms with Crippen molar-refractivity contribution in [3.63, 3.8) is 0 Å². The van der Waals surface area contributed by atoms with Gasteiger partial charge in [-0.25, -0.2) is 4.98 Å². The molecule has 3 aromatic rings. The average molecular weight is 447 g/mol. The van der Waals surface area contributed by atoms with Crippen molar-refractivity contribution in [1.29, 1.82) is 0 Å². The topological polar surface area (TPSA) is 56.6 Å². The third-order valence-electron chi connectivity index (χ3n) is 4.96. The van der Waals surface area contributed by atoms with Gasteiger partial charge in [-0.3, -0.25) is 4.79 Å². The highest BCUT2D eigenvalue weighted by molar-refractivity contribution is 5.94. The minimum Gasteiger partial charge on any atom is -0.497 e. The summed E-state index contributed by atoms with van der Waals surface area (Å²) in [6, 6.07) is 11.8. The Bertz CT molecular complexity index is 1020. The highest BCUT2D eigenvalue weighted by atomic mass is 19.4. The van der Waals surface area contributed by atoms with E-state index in [1.807, 2.05) is 4.57 Å². The Morgan fingerprint density at radius 1 is 1.06 bits per heavy atom. The second-order valence-corrected chi connectivity index (χ2v) is 7.11. The molecule has 0 N–H and O–H groups in total. The lowest BCUT2D eigenvalue weighted by Gasteiger charge is -2.23. The molecule has 0 spiro atoms. The normalized spacial score (nSPS) is 11.4. The number of nitrogens with zero attached hydrogens (tertiary/aromatic N) is 3. The Kier molecular flexibility index (Phi) is 7.53. The summed E-state index contributed by atoms with van der Waals surface area (Å²) in [5.41, 5.74) is 0.507. The maximum atomic E-state index is 13.1. The summed E-state index contributed by atoms with van der Waals surface area (Å²) in [6.07, 6.45) is -1.03. The molecular formula is C23H24F3N3O3. The van der Waals surface area contributed by atoms with Crippen LogP contribution in [0.25, 0.3) is 0 Å². The van der Waals surface area contributed by atoms with E-state index in [0.29, 0.717) is 42.4 Å². The zero-order valence-corrected chi connectivity index (χ0v) is 17.8. The fourth-order valence-corrected chi connectivity index (χ4v) is 3.17. The molecule has 0 fully saturated rings. The number of methoxy groups -OCH3 is 2. The van der Waals surface area contributed by atoms with Crippen LogP contribution in [0.15, 0.2) is 60.9 Å². The van der Waals surface area contributed by atoms with Gasteiger partial charge in [0.15, 0.2) is 0 Å². The van der Waals surface area contributed by atoms with E-state index in [-0.39, 0.29) is 12.5 Å². The number of benzene rings is 2. The number of ether oxygens (including phenoxy) is 2. The smallest absolute Gasteiger partial charge is 0.416 e. The van der Waals surface area contributed by atoms with Gasteiger partial charge in [0.05, 0.1) is 25.8 Å². The molecule has 6 nitrogen and oxygen atoms in total. The molecule has 0 radical (unpaired) electrons. The molecule has 2 aromatic carbocycles. The molecule has 3 rings (SSSR count). The molecule has 0 atom stereocenters. The lowest BCUT2D eigenvalue weighted by molar-refractivity contribution is -0.137. The Balaban J connectivity index is 1.76. The number of hydrogen-bond acceptors (Lipinski definition) is 4. The minimum atomic E-state index is -4.37. The number of amides is 1. The van der Waals surface area contributed by atoms with E-state index in [9.17, 15) is 18.0 Å². The second kappa shape index (κ2) is 10.3. The van der Waals surface area contributed by atoms with Crippen molar-refractivity contribution in [1.82, 2.24) is 14.5 Å². The molecule has 0 aliphatic heterocycles. The van der Waals surface area contributed by atoms with E-state index in [1.165, 1.54) is 12.1 Å². The monoisotopic (exact) mass is 447 g/mol. The number of carbonyl (C=O) groups is 1. The average Bonchev–Trinajstić information content (AvgIpc) is 3.22. The van der Waals surface area contributed by atoms with Crippen LogP contribution >= 0.6 is 0 Å². The molecular weight excluding hydrogens is 423 g/mol. The number of imidazole rings is 1. The highest BCUT2D eigenvalue weighted by Gasteiger charge is 2.30. The standard InChI is InChI=1S/C23H24F3N3O3/c1-31-14-13-29(22(30)18-5-9-20(32-2)10-6-18)16-21-27-11-12-28(21)15-17-3-7-19(8-4-17)23(24,25)26/h3-12H,13-16H2,1-2H3. The van der Waals surface area contributed by atoms with Gasteiger partial charge in [0.25, 0.3) is 5.91 Å². The van der Waals surface area contributed by atoms with Crippen molar-refractivity contribution >= 4 is 5.91 Å². The predicted molar refractivity (Wildman–Crippen MR) is 112 cm³/mol. The lowest BCUT2D eigenvalue weighted by atomic mass is 10.1. The van der Waals surface area contributed by atoms with Crippen molar-refractivity contribution < 1.29 is 27.4 Å². The Hall–Kier alpha value is -3.33. The Labute approximate surface area is 184 Å². The molecule has 0 unspecified atom stereocenters. The molecule has 1 amide bonds. The number of alkyl halides is 3. The molecule has 0 bridgehead atoms. The van der Waals surface area contributed by atoms with E-state index in [4.69, 9.17) is 9.47 Å². The number of aromatic nitrogens is 2. The van der Waals surface area contributed by atoms with Crippen molar-refractivity contribution in [2.45, 2.75) is 19.3 Å². The van der Waals surface area contributed by atoms with Crippen molar-refractivity contribution in [3.8, 4) is 5.75 Å². The van der Waals surface area contributed by atoms with E-state index >= 15 is 0 Å². The zero-order valence-electron chi connectivity index (χ0n) is 17.8. The van der Waals surface area contributed by atoms with E-state index in [0.717, 1.165) is 12.1 Å². The Morgan fingerprint density at radius 3 is 2.34 bits per heavy atom. The zero-order chi connectivity index (χ0) is 23.1. The maximum Gasteiger partial charge on any atom is 0.416 e. The number of rotatable bonds is 9. The first-order chi connectivity index (χ1) is 15.3. The van der Waals surface area contributed by atoms with Gasteiger partial charge in [-0.05, 0) is 42.0 Å². The van der Waals surface area contributed by atoms with Crippen LogP contribution in [0.2, 0.25) is 0 Å². The van der Waals surface area contributed by atoms with Crippen LogP contribution in [0.5, 0.6) is 5.75 Å². The van der Waals surface area contributed by atoms with Crippen LogP contribution in [0.1, 0.15) is 27.3 Å². The van der Waals surface area contributed by atoms with Crippen LogP contribution < -0.4 is 4.74 Å². The summed E-state index contributed by atoms with van der Waals surface area (Å²) in [7, 11) is 3.11. The maximum absolute atomic E-state index is 13.1. The Morgan fingerprint density at radius 2 is 1.75 bits per heavy atom. The molecule has 32 heavy (non-hydrogen) atoms. The minimum absolute atomic E-state index is 0.186. The number of hydrogen-bond donors (Lipinski definition) is 0. The fourth-order valence-electron chi connectivity index (χ4n) is 3.17. The molecule has 9 heteroatoms. The summed E-state index contributed by atoms with van der Waals surface area (Å²) in [5, 5.41) is 0. The van der Waals surface area contributed by atoms with E-state index < -0.39 is 11.7 Å². The number of halogens is 3. The van der Waals surface area contributed by atoms with Crippen molar-refractivity contribution in [2.75, 3.05) is 27.4 Å². The van der Waals surface area contributed by atoms with Gasteiger partial charge >= 0.3 is 6.18 Å². The summed E-state index contributed by atoms with van der Waals surface area (Å²) in [4.78, 5) is 19.0. The van der Waals surface area contributed by atoms with Crippen LogP contribution in [-0.2, 0) is 24.0 Å². The van der Waals surface area contributed by atoms with E-state index in [2.05, 4.69) is 4.98 Å². The SMILES string of the molecule is COCCN(Cc1nccn1Cc1ccc(C(F)(F)F)cc1)C(=O)c1ccc(OC)cc1. The second-order valence-electron chi connectivity index (χ2n) is 7.11. The van der Waals surface area contributed by atoms with Crippen LogP contribution in [0.3, 0.4) is 0 Å². The molecule has 0 saturated heterocycles. The number of carbonyl (C=O) groups excluding carboxylic acids is 1. The van der Waals surface area contributed by atoms with Gasteiger partial charge in [0.1, 0.15) is 11.6 Å². The fraction of sp³-hybridized carbons (Fsp3) is 0.304. The van der Waals surface area contributed by atoms with Gasteiger partial charge < -0.3 is 18.9 Å². The van der Waals surface area contributed by atoms with Crippen molar-refractivity contribution in [3.05, 3.63) is 83.4 Å². The van der Waals surface area contributed by atoms with Gasteiger partial charge in [-0.15, -0.1) is 0 Å². The molecule has 170 valence electrons. The molecule has 0 aliphatic rings. The summed E-state index contributed by atoms with van der Waals surface area (Å²) in [6.45, 7) is 1.26. The van der Waals surface area contributed by atoms with Gasteiger partial charge in [-0.1, -0.05) is 12.1 Å². The first-order valence-electron chi connectivity index (χ1n) is 9.90. The molecule has 0 aliphatic carbocycles. The molecule has 1 aromatic heterocycles. The predicted octanol–water partition coefficient (Wildman–Crippen LogP) is 4.25. The van der Waals surface area contributed by atoms with Crippen LogP contribution in [0.4, 0.5) is 13.2 Å². The quantitative estimate of drug-likeness (QED) is 0.492. The van der Waals surface area contributed by atoms with Gasteiger partial charge in [0.2, 0.25) is 0 Å². The third kappa shape index (κ3) is 5.88. The third-order valence-corrected chi connectivity index (χ3v) is 4.96. The van der Waals surface area contributed by atoms with Gasteiger partial charge in [0, 0.05) is 38.2 Å².